The number of amides is 1. The van der Waals surface area contributed by atoms with Crippen LogP contribution in [0.3, 0.4) is 0 Å². The number of non-ortho nitro benzene ring substituents is 1. The van der Waals surface area contributed by atoms with Gasteiger partial charge in [-0.25, -0.2) is 0 Å². The van der Waals surface area contributed by atoms with Gasteiger partial charge in [0.1, 0.15) is 0 Å². The molecule has 0 aliphatic heterocycles. The van der Waals surface area contributed by atoms with Gasteiger partial charge in [0.15, 0.2) is 18.1 Å². The number of benzene rings is 2. The highest BCUT2D eigenvalue weighted by atomic mass is 79.9. The smallest absolute Gasteiger partial charge is 0.269 e. The summed E-state index contributed by atoms with van der Waals surface area (Å²) >= 11 is 6.85. The maximum absolute atomic E-state index is 11.0. The summed E-state index contributed by atoms with van der Waals surface area (Å²) in [5.41, 5.74) is 9.16. The molecule has 1 amide bonds. The Hall–Kier alpha value is -2.66. The maximum Gasteiger partial charge on any atom is 0.269 e. The van der Waals surface area contributed by atoms with Gasteiger partial charge in [-0.3, -0.25) is 20.3 Å². The van der Waals surface area contributed by atoms with E-state index in [0.29, 0.717) is 38.3 Å². The summed E-state index contributed by atoms with van der Waals surface area (Å²) < 4.78 is 12.2. The van der Waals surface area contributed by atoms with Crippen LogP contribution in [0.25, 0.3) is 0 Å². The molecule has 0 aliphatic carbocycles. The molecule has 2 aromatic rings. The zero-order valence-corrected chi connectivity index (χ0v) is 17.8. The first-order valence-electron chi connectivity index (χ1n) is 7.92. The summed E-state index contributed by atoms with van der Waals surface area (Å²) in [5, 5.41) is 14.8. The average Bonchev–Trinajstić information content (AvgIpc) is 2.65. The third-order valence-electron chi connectivity index (χ3n) is 3.29. The number of primary amides is 1. The quantitative estimate of drug-likeness (QED) is 0.296. The molecule has 148 valence electrons. The number of nitrogens with two attached hydrogens (primary N) is 1. The standard InChI is InChI=1S/C17H16Br2N4O5/c1-2-27-13-7-10(15(18)16(19)17(13)28-9-14(20)24)8-21-22-11-3-5-12(6-4-11)23(25)26/h3-8,22H,2,9H2,1H3,(H2,20,24). The van der Waals surface area contributed by atoms with Gasteiger partial charge in [0.2, 0.25) is 0 Å². The van der Waals surface area contributed by atoms with E-state index in [2.05, 4.69) is 42.4 Å². The third kappa shape index (κ3) is 5.67. The van der Waals surface area contributed by atoms with E-state index < -0.39 is 10.8 Å². The second kappa shape index (κ2) is 10.0. The molecule has 0 atom stereocenters. The van der Waals surface area contributed by atoms with Gasteiger partial charge in [0.25, 0.3) is 11.6 Å². The van der Waals surface area contributed by atoms with Crippen LogP contribution >= 0.6 is 31.9 Å². The van der Waals surface area contributed by atoms with E-state index >= 15 is 0 Å². The van der Waals surface area contributed by atoms with Crippen molar-refractivity contribution in [3.8, 4) is 11.5 Å². The molecule has 11 heteroatoms. The number of nitrogens with zero attached hydrogens (tertiary/aromatic N) is 2. The number of nitro benzene ring substituents is 1. The Balaban J connectivity index is 2.23. The summed E-state index contributed by atoms with van der Waals surface area (Å²) in [6.07, 6.45) is 1.54. The van der Waals surface area contributed by atoms with E-state index in [9.17, 15) is 14.9 Å². The monoisotopic (exact) mass is 514 g/mol. The van der Waals surface area contributed by atoms with Crippen molar-refractivity contribution in [3.63, 3.8) is 0 Å². The number of halogens is 2. The lowest BCUT2D eigenvalue weighted by atomic mass is 10.2. The van der Waals surface area contributed by atoms with E-state index in [1.807, 2.05) is 6.92 Å². The topological polar surface area (TPSA) is 129 Å². The Morgan fingerprint density at radius 1 is 1.29 bits per heavy atom. The molecule has 0 aliphatic rings. The zero-order chi connectivity index (χ0) is 20.7. The van der Waals surface area contributed by atoms with Gasteiger partial charge in [-0.15, -0.1) is 0 Å². The molecule has 0 radical (unpaired) electrons. The van der Waals surface area contributed by atoms with E-state index in [-0.39, 0.29) is 12.3 Å². The Morgan fingerprint density at radius 2 is 1.96 bits per heavy atom. The number of nitrogens with one attached hydrogen (secondary N) is 1. The fourth-order valence-electron chi connectivity index (χ4n) is 2.07. The molecular formula is C17H16Br2N4O5. The average molecular weight is 516 g/mol. The van der Waals surface area contributed by atoms with Crippen LogP contribution in [0.15, 0.2) is 44.4 Å². The Kier molecular flexibility index (Phi) is 7.76. The normalized spacial score (nSPS) is 10.7. The third-order valence-corrected chi connectivity index (χ3v) is 5.43. The van der Waals surface area contributed by atoms with E-state index in [0.717, 1.165) is 0 Å². The van der Waals surface area contributed by atoms with Gasteiger partial charge in [-0.05, 0) is 57.0 Å². The van der Waals surface area contributed by atoms with E-state index in [1.165, 1.54) is 18.3 Å². The molecule has 2 rings (SSSR count). The lowest BCUT2D eigenvalue weighted by Gasteiger charge is -2.15. The number of hydrogen-bond acceptors (Lipinski definition) is 7. The highest BCUT2D eigenvalue weighted by molar-refractivity contribution is 9.13. The molecule has 28 heavy (non-hydrogen) atoms. The second-order valence-corrected chi connectivity index (χ2v) is 6.87. The Bertz CT molecular complexity index is 903. The molecule has 9 nitrogen and oxygen atoms in total. The minimum atomic E-state index is -0.608. The number of carbonyl (C=O) groups is 1. The fourth-order valence-corrected chi connectivity index (χ4v) is 3.01. The number of hydrogen-bond donors (Lipinski definition) is 2. The van der Waals surface area contributed by atoms with E-state index in [4.69, 9.17) is 15.2 Å². The molecule has 2 aromatic carbocycles. The summed E-state index contributed by atoms with van der Waals surface area (Å²) in [6, 6.07) is 7.54. The number of ether oxygens (including phenoxy) is 2. The van der Waals surface area contributed by atoms with Crippen molar-refractivity contribution in [2.45, 2.75) is 6.92 Å². The predicted octanol–water partition coefficient (Wildman–Crippen LogP) is 3.83. The summed E-state index contributed by atoms with van der Waals surface area (Å²) in [4.78, 5) is 21.2. The fraction of sp³-hybridized carbons (Fsp3) is 0.176. The molecule has 0 heterocycles. The first-order chi connectivity index (χ1) is 13.3. The van der Waals surface area contributed by atoms with Crippen LogP contribution in [0.1, 0.15) is 12.5 Å². The second-order valence-electron chi connectivity index (χ2n) is 5.28. The minimum Gasteiger partial charge on any atom is -0.490 e. The molecule has 0 spiro atoms. The molecular weight excluding hydrogens is 500 g/mol. The largest absolute Gasteiger partial charge is 0.490 e. The van der Waals surface area contributed by atoms with Gasteiger partial charge in [0.05, 0.1) is 27.9 Å². The van der Waals surface area contributed by atoms with Crippen molar-refractivity contribution in [2.75, 3.05) is 18.6 Å². The van der Waals surface area contributed by atoms with Gasteiger partial charge in [-0.2, -0.15) is 5.10 Å². The lowest BCUT2D eigenvalue weighted by Crippen LogP contribution is -2.20. The summed E-state index contributed by atoms with van der Waals surface area (Å²) in [7, 11) is 0. The first-order valence-corrected chi connectivity index (χ1v) is 9.51. The molecule has 0 saturated carbocycles. The minimum absolute atomic E-state index is 0.00545. The van der Waals surface area contributed by atoms with Crippen molar-refractivity contribution in [2.24, 2.45) is 10.8 Å². The van der Waals surface area contributed by atoms with Crippen molar-refractivity contribution in [3.05, 3.63) is 55.0 Å². The van der Waals surface area contributed by atoms with Crippen LogP contribution in [0.5, 0.6) is 11.5 Å². The highest BCUT2D eigenvalue weighted by Gasteiger charge is 2.17. The number of rotatable bonds is 9. The van der Waals surface area contributed by atoms with Crippen LogP contribution in [0, 0.1) is 10.1 Å². The van der Waals surface area contributed by atoms with Crippen LogP contribution in [0.4, 0.5) is 11.4 Å². The molecule has 0 saturated heterocycles. The van der Waals surface area contributed by atoms with Crippen LogP contribution in [-0.4, -0.2) is 30.3 Å². The van der Waals surface area contributed by atoms with Crippen molar-refractivity contribution < 1.29 is 19.2 Å². The predicted molar refractivity (Wildman–Crippen MR) is 112 cm³/mol. The maximum atomic E-state index is 11.0. The number of hydrazone groups is 1. The lowest BCUT2D eigenvalue weighted by molar-refractivity contribution is -0.384. The van der Waals surface area contributed by atoms with E-state index in [1.54, 1.807) is 18.2 Å². The molecule has 0 unspecified atom stereocenters. The van der Waals surface area contributed by atoms with Crippen molar-refractivity contribution >= 4 is 55.4 Å². The Labute approximate surface area is 177 Å². The SMILES string of the molecule is CCOc1cc(C=NNc2ccc([N+](=O)[O-])cc2)c(Br)c(Br)c1OCC(N)=O. The Morgan fingerprint density at radius 3 is 2.54 bits per heavy atom. The highest BCUT2D eigenvalue weighted by Crippen LogP contribution is 2.42. The van der Waals surface area contributed by atoms with Crippen molar-refractivity contribution in [1.29, 1.82) is 0 Å². The molecule has 0 aromatic heterocycles. The molecule has 0 fully saturated rings. The summed E-state index contributed by atoms with van der Waals surface area (Å²) in [6.45, 7) is 1.91. The van der Waals surface area contributed by atoms with Gasteiger partial charge < -0.3 is 15.2 Å². The number of nitro groups is 1. The molecule has 3 N–H and O–H groups in total. The van der Waals surface area contributed by atoms with Crippen LogP contribution in [-0.2, 0) is 4.79 Å². The first kappa shape index (κ1) is 21.6. The zero-order valence-electron chi connectivity index (χ0n) is 14.6. The number of carbonyl (C=O) groups excluding carboxylic acids is 1. The molecule has 0 bridgehead atoms. The summed E-state index contributed by atoms with van der Waals surface area (Å²) in [5.74, 6) is 0.145. The van der Waals surface area contributed by atoms with Gasteiger partial charge in [0, 0.05) is 22.2 Å². The van der Waals surface area contributed by atoms with Gasteiger partial charge in [-0.1, -0.05) is 0 Å². The van der Waals surface area contributed by atoms with Crippen LogP contribution in [0.2, 0.25) is 0 Å². The van der Waals surface area contributed by atoms with Crippen LogP contribution < -0.4 is 20.6 Å². The van der Waals surface area contributed by atoms with Gasteiger partial charge >= 0.3 is 0 Å². The van der Waals surface area contributed by atoms with Crippen molar-refractivity contribution in [1.82, 2.24) is 0 Å². The number of anilines is 1.